The average molecular weight is 515 g/mol. The Morgan fingerprint density at radius 2 is 1.68 bits per heavy atom. The molecule has 0 unspecified atom stereocenters. The van der Waals surface area contributed by atoms with Crippen molar-refractivity contribution in [2.24, 2.45) is 5.92 Å². The number of nitrogens with zero attached hydrogens (tertiary/aromatic N) is 2. The van der Waals surface area contributed by atoms with Gasteiger partial charge in [-0.15, -0.1) is 0 Å². The van der Waals surface area contributed by atoms with Crippen LogP contribution in [0.15, 0.2) is 66.7 Å². The molecule has 0 saturated heterocycles. The van der Waals surface area contributed by atoms with Crippen molar-refractivity contribution in [2.75, 3.05) is 20.7 Å². The molecule has 0 spiro atoms. The standard InChI is InChI=1S/C31H34N2O5/c1-21(2)38-30-14-12-25(18-27(30)32-3)28(35)17-24(19-34)15-23-11-13-29(26(16-23)31(36)33(4)5)37-20-22-9-7-6-8-10-22/h6-14,16,18,21,24,34H,15,17,19-20H2,1-2,4-5H3/t24-/m1/s1. The van der Waals surface area contributed by atoms with Gasteiger partial charge >= 0.3 is 0 Å². The van der Waals surface area contributed by atoms with Crippen LogP contribution in [0.2, 0.25) is 0 Å². The highest BCUT2D eigenvalue weighted by molar-refractivity contribution is 5.98. The molecule has 7 nitrogen and oxygen atoms in total. The fraction of sp³-hybridized carbons (Fsp3) is 0.323. The number of aliphatic hydroxyl groups excluding tert-OH is 1. The molecular formula is C31H34N2O5. The summed E-state index contributed by atoms with van der Waals surface area (Å²) < 4.78 is 11.6. The van der Waals surface area contributed by atoms with Crippen molar-refractivity contribution in [2.45, 2.75) is 39.4 Å². The van der Waals surface area contributed by atoms with E-state index in [1.807, 2.05) is 50.2 Å². The predicted molar refractivity (Wildman–Crippen MR) is 147 cm³/mol. The highest BCUT2D eigenvalue weighted by Gasteiger charge is 2.20. The maximum atomic E-state index is 13.0. The molecule has 0 fully saturated rings. The van der Waals surface area contributed by atoms with Gasteiger partial charge in [0.05, 0.1) is 18.2 Å². The van der Waals surface area contributed by atoms with E-state index >= 15 is 0 Å². The van der Waals surface area contributed by atoms with Gasteiger partial charge in [0.1, 0.15) is 18.1 Å². The van der Waals surface area contributed by atoms with Crippen LogP contribution in [0.25, 0.3) is 4.85 Å². The second-order valence-electron chi connectivity index (χ2n) is 9.65. The third-order valence-electron chi connectivity index (χ3n) is 5.94. The normalized spacial score (nSPS) is 11.5. The van der Waals surface area contributed by atoms with Gasteiger partial charge in [-0.3, -0.25) is 9.59 Å². The molecule has 0 aliphatic carbocycles. The molecule has 198 valence electrons. The van der Waals surface area contributed by atoms with E-state index < -0.39 is 0 Å². The molecular weight excluding hydrogens is 480 g/mol. The summed E-state index contributed by atoms with van der Waals surface area (Å²) in [5.74, 6) is 0.199. The van der Waals surface area contributed by atoms with Gasteiger partial charge in [-0.2, -0.15) is 0 Å². The molecule has 7 heteroatoms. The molecule has 0 saturated carbocycles. The second-order valence-corrected chi connectivity index (χ2v) is 9.65. The van der Waals surface area contributed by atoms with Gasteiger partial charge in [-0.1, -0.05) is 42.5 Å². The van der Waals surface area contributed by atoms with Crippen LogP contribution in [-0.2, 0) is 13.0 Å². The van der Waals surface area contributed by atoms with E-state index in [0.29, 0.717) is 35.7 Å². The summed E-state index contributed by atoms with van der Waals surface area (Å²) in [6.45, 7) is 11.3. The Balaban J connectivity index is 1.76. The van der Waals surface area contributed by atoms with E-state index in [9.17, 15) is 14.7 Å². The molecule has 0 bridgehead atoms. The van der Waals surface area contributed by atoms with Crippen molar-refractivity contribution in [3.8, 4) is 11.5 Å². The van der Waals surface area contributed by atoms with Crippen LogP contribution >= 0.6 is 0 Å². The first-order chi connectivity index (χ1) is 18.2. The topological polar surface area (TPSA) is 80.4 Å². The van der Waals surface area contributed by atoms with E-state index in [2.05, 4.69) is 4.85 Å². The predicted octanol–water partition coefficient (Wildman–Crippen LogP) is 5.73. The zero-order valence-corrected chi connectivity index (χ0v) is 22.3. The summed E-state index contributed by atoms with van der Waals surface area (Å²) in [7, 11) is 3.36. The van der Waals surface area contributed by atoms with E-state index in [1.165, 1.54) is 11.0 Å². The van der Waals surface area contributed by atoms with Crippen molar-refractivity contribution < 1.29 is 24.2 Å². The lowest BCUT2D eigenvalue weighted by atomic mass is 9.91. The maximum absolute atomic E-state index is 13.0. The Bertz CT molecular complexity index is 1300. The summed E-state index contributed by atoms with van der Waals surface area (Å²) in [5.41, 5.74) is 2.91. The molecule has 38 heavy (non-hydrogen) atoms. The minimum atomic E-state index is -0.358. The van der Waals surface area contributed by atoms with Gasteiger partial charge in [-0.25, -0.2) is 4.85 Å². The molecule has 0 aliphatic rings. The van der Waals surface area contributed by atoms with Crippen LogP contribution in [0.1, 0.15) is 52.1 Å². The van der Waals surface area contributed by atoms with Crippen LogP contribution in [-0.4, -0.2) is 48.5 Å². The third-order valence-corrected chi connectivity index (χ3v) is 5.94. The first kappa shape index (κ1) is 28.4. The molecule has 3 rings (SSSR count). The minimum absolute atomic E-state index is 0.0878. The Morgan fingerprint density at radius 1 is 0.974 bits per heavy atom. The first-order valence-electron chi connectivity index (χ1n) is 12.5. The number of hydrogen-bond acceptors (Lipinski definition) is 5. The van der Waals surface area contributed by atoms with Crippen molar-refractivity contribution in [3.63, 3.8) is 0 Å². The number of amides is 1. The molecule has 3 aromatic carbocycles. The first-order valence-corrected chi connectivity index (χ1v) is 12.5. The Kier molecular flexibility index (Phi) is 10.0. The summed E-state index contributed by atoms with van der Waals surface area (Å²) in [5, 5.41) is 10.0. The summed E-state index contributed by atoms with van der Waals surface area (Å²) in [6.07, 6.45) is 0.413. The second kappa shape index (κ2) is 13.4. The third kappa shape index (κ3) is 7.67. The lowest BCUT2D eigenvalue weighted by Gasteiger charge is -2.18. The lowest BCUT2D eigenvalue weighted by Crippen LogP contribution is -2.23. The van der Waals surface area contributed by atoms with Crippen molar-refractivity contribution in [1.82, 2.24) is 4.90 Å². The molecule has 0 aliphatic heterocycles. The van der Waals surface area contributed by atoms with Crippen molar-refractivity contribution in [3.05, 3.63) is 100 Å². The van der Waals surface area contributed by atoms with Gasteiger partial charge < -0.3 is 19.5 Å². The highest BCUT2D eigenvalue weighted by Crippen LogP contribution is 2.31. The zero-order chi connectivity index (χ0) is 27.7. The number of rotatable bonds is 12. The fourth-order valence-corrected chi connectivity index (χ4v) is 4.02. The Morgan fingerprint density at radius 3 is 2.32 bits per heavy atom. The number of hydrogen-bond donors (Lipinski definition) is 1. The SMILES string of the molecule is [C-]#[N+]c1cc(C(=O)C[C@H](CO)Cc2ccc(OCc3ccccc3)c(C(=O)N(C)C)c2)ccc1OC(C)C. The zero-order valence-electron chi connectivity index (χ0n) is 22.3. The minimum Gasteiger partial charge on any atom is -0.502 e. The number of Topliss-reactive ketones (excluding diaryl/α,β-unsaturated/α-hetero) is 1. The Hall–Kier alpha value is -4.15. The lowest BCUT2D eigenvalue weighted by molar-refractivity contribution is 0.0821. The summed E-state index contributed by atoms with van der Waals surface area (Å²) >= 11 is 0. The quantitative estimate of drug-likeness (QED) is 0.247. The molecule has 0 heterocycles. The van der Waals surface area contributed by atoms with Crippen LogP contribution in [0.3, 0.4) is 0 Å². The molecule has 1 atom stereocenters. The largest absolute Gasteiger partial charge is 0.502 e. The number of ether oxygens (including phenoxy) is 2. The van der Waals surface area contributed by atoms with Crippen LogP contribution in [0.4, 0.5) is 5.69 Å². The highest BCUT2D eigenvalue weighted by atomic mass is 16.5. The molecule has 3 aromatic rings. The number of carbonyl (C=O) groups is 2. The fourth-order valence-electron chi connectivity index (χ4n) is 4.02. The molecule has 0 radical (unpaired) electrons. The monoisotopic (exact) mass is 514 g/mol. The van der Waals surface area contributed by atoms with Gasteiger partial charge in [0.25, 0.3) is 5.91 Å². The van der Waals surface area contributed by atoms with Gasteiger partial charge in [0, 0.05) is 32.7 Å². The number of carbonyl (C=O) groups excluding carboxylic acids is 2. The molecule has 0 aromatic heterocycles. The van der Waals surface area contributed by atoms with E-state index in [1.54, 1.807) is 38.4 Å². The van der Waals surface area contributed by atoms with Gasteiger partial charge in [0.15, 0.2) is 5.78 Å². The van der Waals surface area contributed by atoms with Gasteiger partial charge in [0.2, 0.25) is 5.69 Å². The van der Waals surface area contributed by atoms with Crippen molar-refractivity contribution in [1.29, 1.82) is 0 Å². The number of aliphatic hydroxyl groups is 1. The maximum Gasteiger partial charge on any atom is 0.257 e. The summed E-state index contributed by atoms with van der Waals surface area (Å²) in [6, 6.07) is 19.9. The van der Waals surface area contributed by atoms with Crippen LogP contribution < -0.4 is 9.47 Å². The van der Waals surface area contributed by atoms with Crippen molar-refractivity contribution >= 4 is 17.4 Å². The average Bonchev–Trinajstić information content (AvgIpc) is 2.91. The molecule has 1 N–H and O–H groups in total. The molecule has 1 amide bonds. The Labute approximate surface area is 224 Å². The number of ketones is 1. The van der Waals surface area contributed by atoms with Gasteiger partial charge in [-0.05, 0) is 61.6 Å². The summed E-state index contributed by atoms with van der Waals surface area (Å²) in [4.78, 5) is 30.9. The van der Waals surface area contributed by atoms with Crippen LogP contribution in [0.5, 0.6) is 11.5 Å². The number of benzene rings is 3. The van der Waals surface area contributed by atoms with E-state index in [0.717, 1.165) is 11.1 Å². The van der Waals surface area contributed by atoms with E-state index in [-0.39, 0.29) is 42.4 Å². The van der Waals surface area contributed by atoms with E-state index in [4.69, 9.17) is 16.0 Å². The smallest absolute Gasteiger partial charge is 0.257 e. The van der Waals surface area contributed by atoms with Crippen LogP contribution in [0, 0.1) is 12.5 Å².